The molecule has 0 aliphatic carbocycles. The molecule has 1 amide bonds. The SMILES string of the molecule is COc1cc(C(=O)N(C(C)C)C(C)C)ccc1OCCCCCOc1ccc(C(=N)N)cc1.Cl. The highest BCUT2D eigenvalue weighted by molar-refractivity contribution is 5.95. The van der Waals surface area contributed by atoms with Crippen molar-refractivity contribution in [3.63, 3.8) is 0 Å². The summed E-state index contributed by atoms with van der Waals surface area (Å²) in [5.74, 6) is 2.00. The number of nitrogens with two attached hydrogens (primary N) is 1. The van der Waals surface area contributed by atoms with Crippen LogP contribution >= 0.6 is 12.4 Å². The van der Waals surface area contributed by atoms with Crippen molar-refractivity contribution in [3.8, 4) is 17.2 Å². The Bertz CT molecular complexity index is 909. The Labute approximate surface area is 209 Å². The van der Waals surface area contributed by atoms with Crippen LogP contribution in [0.2, 0.25) is 0 Å². The number of unbranched alkanes of at least 4 members (excludes halogenated alkanes) is 2. The maximum Gasteiger partial charge on any atom is 0.254 e. The van der Waals surface area contributed by atoms with E-state index in [0.717, 1.165) is 25.0 Å². The van der Waals surface area contributed by atoms with Crippen LogP contribution in [0.3, 0.4) is 0 Å². The van der Waals surface area contributed by atoms with Crippen LogP contribution in [0, 0.1) is 5.41 Å². The molecule has 3 N–H and O–H groups in total. The Morgan fingerprint density at radius 3 is 1.97 bits per heavy atom. The van der Waals surface area contributed by atoms with Crippen LogP contribution in [0.15, 0.2) is 42.5 Å². The van der Waals surface area contributed by atoms with Gasteiger partial charge in [0, 0.05) is 23.2 Å². The van der Waals surface area contributed by atoms with E-state index >= 15 is 0 Å². The zero-order chi connectivity index (χ0) is 24.4. The fourth-order valence-electron chi connectivity index (χ4n) is 3.62. The first-order chi connectivity index (χ1) is 15.7. The van der Waals surface area contributed by atoms with Gasteiger partial charge in [-0.25, -0.2) is 0 Å². The maximum absolute atomic E-state index is 12.9. The van der Waals surface area contributed by atoms with Gasteiger partial charge >= 0.3 is 0 Å². The number of nitrogen functional groups attached to an aromatic ring is 1. The lowest BCUT2D eigenvalue weighted by Crippen LogP contribution is -2.42. The van der Waals surface area contributed by atoms with Crippen molar-refractivity contribution >= 4 is 24.1 Å². The van der Waals surface area contributed by atoms with E-state index in [9.17, 15) is 4.79 Å². The standard InChI is InChI=1S/C26H37N3O4.ClH/c1-18(2)29(19(3)4)26(30)21-11-14-23(24(17-21)31-5)33-16-8-6-7-15-32-22-12-9-20(10-13-22)25(27)28;/h9-14,17-19H,6-8,15-16H2,1-5H3,(H3,27,28);1H. The summed E-state index contributed by atoms with van der Waals surface area (Å²) in [5.41, 5.74) is 6.73. The third-order valence-electron chi connectivity index (χ3n) is 5.24. The van der Waals surface area contributed by atoms with E-state index in [-0.39, 0.29) is 36.2 Å². The molecule has 8 heteroatoms. The third-order valence-corrected chi connectivity index (χ3v) is 5.24. The van der Waals surface area contributed by atoms with E-state index in [1.165, 1.54) is 0 Å². The first-order valence-electron chi connectivity index (χ1n) is 11.4. The molecule has 188 valence electrons. The first-order valence-corrected chi connectivity index (χ1v) is 11.4. The molecule has 2 aromatic rings. The molecule has 0 bridgehead atoms. The topological polar surface area (TPSA) is 97.9 Å². The third kappa shape index (κ3) is 8.45. The van der Waals surface area contributed by atoms with Gasteiger partial charge in [0.25, 0.3) is 5.91 Å². The molecule has 34 heavy (non-hydrogen) atoms. The molecule has 2 rings (SSSR count). The number of hydrogen-bond donors (Lipinski definition) is 2. The number of carbonyl (C=O) groups is 1. The highest BCUT2D eigenvalue weighted by Crippen LogP contribution is 2.29. The second kappa shape index (κ2) is 14.4. The van der Waals surface area contributed by atoms with Gasteiger partial charge < -0.3 is 24.8 Å². The molecular formula is C26H38ClN3O4. The lowest BCUT2D eigenvalue weighted by molar-refractivity contribution is 0.0643. The predicted octanol–water partition coefficient (Wildman–Crippen LogP) is 5.29. The Kier molecular flexibility index (Phi) is 12.3. The summed E-state index contributed by atoms with van der Waals surface area (Å²) < 4.78 is 17.1. The number of nitrogens with one attached hydrogen (secondary N) is 1. The average molecular weight is 492 g/mol. The first kappa shape index (κ1) is 29.1. The second-order valence-corrected chi connectivity index (χ2v) is 8.46. The number of nitrogens with zero attached hydrogens (tertiary/aromatic N) is 1. The highest BCUT2D eigenvalue weighted by Gasteiger charge is 2.22. The molecule has 0 saturated carbocycles. The van der Waals surface area contributed by atoms with Gasteiger partial charge in [0.15, 0.2) is 11.5 Å². The van der Waals surface area contributed by atoms with Crippen molar-refractivity contribution in [2.45, 2.75) is 59.0 Å². The van der Waals surface area contributed by atoms with Crippen molar-refractivity contribution in [2.75, 3.05) is 20.3 Å². The van der Waals surface area contributed by atoms with E-state index in [0.29, 0.717) is 35.8 Å². The van der Waals surface area contributed by atoms with E-state index in [4.69, 9.17) is 25.4 Å². The Balaban J connectivity index is 0.00000578. The van der Waals surface area contributed by atoms with Gasteiger partial charge in [-0.3, -0.25) is 10.2 Å². The van der Waals surface area contributed by atoms with E-state index in [2.05, 4.69) is 0 Å². The second-order valence-electron chi connectivity index (χ2n) is 8.46. The summed E-state index contributed by atoms with van der Waals surface area (Å²) in [6, 6.07) is 12.8. The molecule has 0 aliphatic heterocycles. The summed E-state index contributed by atoms with van der Waals surface area (Å²) >= 11 is 0. The summed E-state index contributed by atoms with van der Waals surface area (Å²) in [5, 5.41) is 7.40. The van der Waals surface area contributed by atoms with Gasteiger partial charge in [0.05, 0.1) is 20.3 Å². The van der Waals surface area contributed by atoms with Crippen LogP contribution in [0.4, 0.5) is 0 Å². The number of ether oxygens (including phenoxy) is 3. The van der Waals surface area contributed by atoms with Gasteiger partial charge in [-0.05, 0) is 89.4 Å². The number of methoxy groups -OCH3 is 1. The minimum Gasteiger partial charge on any atom is -0.494 e. The van der Waals surface area contributed by atoms with Gasteiger partial charge in [-0.1, -0.05) is 0 Å². The van der Waals surface area contributed by atoms with Crippen molar-refractivity contribution in [3.05, 3.63) is 53.6 Å². The fourth-order valence-corrected chi connectivity index (χ4v) is 3.62. The zero-order valence-electron chi connectivity index (χ0n) is 20.8. The molecule has 0 aromatic heterocycles. The number of rotatable bonds is 13. The van der Waals surface area contributed by atoms with Gasteiger partial charge in [0.1, 0.15) is 11.6 Å². The van der Waals surface area contributed by atoms with Crippen LogP contribution in [0.1, 0.15) is 62.9 Å². The molecule has 0 atom stereocenters. The quantitative estimate of drug-likeness (QED) is 0.225. The number of hydrogen-bond acceptors (Lipinski definition) is 5. The zero-order valence-corrected chi connectivity index (χ0v) is 21.6. The van der Waals surface area contributed by atoms with E-state index in [1.54, 1.807) is 37.4 Å². The van der Waals surface area contributed by atoms with Crippen molar-refractivity contribution < 1.29 is 19.0 Å². The molecule has 0 spiro atoms. The number of halogens is 1. The summed E-state index contributed by atoms with van der Waals surface area (Å²) in [4.78, 5) is 14.8. The maximum atomic E-state index is 12.9. The minimum absolute atomic E-state index is 0. The summed E-state index contributed by atoms with van der Waals surface area (Å²) in [6.07, 6.45) is 2.75. The predicted molar refractivity (Wildman–Crippen MR) is 139 cm³/mol. The monoisotopic (exact) mass is 491 g/mol. The number of carbonyl (C=O) groups excluding carboxylic acids is 1. The van der Waals surface area contributed by atoms with E-state index < -0.39 is 0 Å². The normalized spacial score (nSPS) is 10.6. The molecule has 0 radical (unpaired) electrons. The van der Waals surface area contributed by atoms with E-state index in [1.807, 2.05) is 44.7 Å². The average Bonchev–Trinajstić information content (AvgIpc) is 2.78. The number of benzene rings is 2. The van der Waals surface area contributed by atoms with Gasteiger partial charge in [-0.15, -0.1) is 12.4 Å². The highest BCUT2D eigenvalue weighted by atomic mass is 35.5. The van der Waals surface area contributed by atoms with Crippen LogP contribution in [-0.2, 0) is 0 Å². The molecular weight excluding hydrogens is 454 g/mol. The smallest absolute Gasteiger partial charge is 0.254 e. The van der Waals surface area contributed by atoms with Crippen molar-refractivity contribution in [1.82, 2.24) is 4.90 Å². The number of amidine groups is 1. The van der Waals surface area contributed by atoms with Crippen LogP contribution in [0.5, 0.6) is 17.2 Å². The van der Waals surface area contributed by atoms with Crippen LogP contribution in [0.25, 0.3) is 0 Å². The Morgan fingerprint density at radius 2 is 1.44 bits per heavy atom. The largest absolute Gasteiger partial charge is 0.494 e. The Hall–Kier alpha value is -2.93. The lowest BCUT2D eigenvalue weighted by atomic mass is 10.1. The fraction of sp³-hybridized carbons (Fsp3) is 0.462. The molecule has 0 heterocycles. The van der Waals surface area contributed by atoms with Crippen LogP contribution < -0.4 is 19.9 Å². The molecule has 0 fully saturated rings. The summed E-state index contributed by atoms with van der Waals surface area (Å²) in [7, 11) is 1.58. The van der Waals surface area contributed by atoms with Crippen LogP contribution in [-0.4, -0.2) is 49.0 Å². The summed E-state index contributed by atoms with van der Waals surface area (Å²) in [6.45, 7) is 9.23. The molecule has 0 saturated heterocycles. The minimum atomic E-state index is -0.0132. The number of amides is 1. The lowest BCUT2D eigenvalue weighted by Gasteiger charge is -2.31. The molecule has 2 aromatic carbocycles. The molecule has 7 nitrogen and oxygen atoms in total. The van der Waals surface area contributed by atoms with Crippen molar-refractivity contribution in [2.24, 2.45) is 5.73 Å². The van der Waals surface area contributed by atoms with Gasteiger partial charge in [-0.2, -0.15) is 0 Å². The van der Waals surface area contributed by atoms with Crippen molar-refractivity contribution in [1.29, 1.82) is 5.41 Å². The molecule has 0 aliphatic rings. The van der Waals surface area contributed by atoms with Gasteiger partial charge in [0.2, 0.25) is 0 Å². The molecule has 0 unspecified atom stereocenters. The Morgan fingerprint density at radius 1 is 0.882 bits per heavy atom.